The van der Waals surface area contributed by atoms with Gasteiger partial charge in [-0.2, -0.15) is 0 Å². The second kappa shape index (κ2) is 29.7. The van der Waals surface area contributed by atoms with Crippen LogP contribution < -0.4 is 0 Å². The highest BCUT2D eigenvalue weighted by molar-refractivity contribution is 4.80. The molecule has 0 aromatic rings. The molecular formula is C30H60O3. The normalized spacial score (nSPS) is 11.9. The number of aliphatic hydroxyl groups excluding tert-OH is 1. The number of hydrogen-bond donors (Lipinski definition) is 1. The number of rotatable bonds is 28. The highest BCUT2D eigenvalue weighted by Crippen LogP contribution is 2.14. The number of aliphatic hydroxyl groups is 1. The largest absolute Gasteiger partial charge is 0.396 e. The molecule has 0 aliphatic rings. The molecule has 0 aromatic heterocycles. The molecule has 33 heavy (non-hydrogen) atoms. The van der Waals surface area contributed by atoms with Crippen molar-refractivity contribution in [2.24, 2.45) is 0 Å². The van der Waals surface area contributed by atoms with Crippen LogP contribution in [0.5, 0.6) is 0 Å². The van der Waals surface area contributed by atoms with Gasteiger partial charge in [-0.3, -0.25) is 0 Å². The van der Waals surface area contributed by atoms with E-state index in [9.17, 15) is 0 Å². The maximum absolute atomic E-state index is 8.78. The summed E-state index contributed by atoms with van der Waals surface area (Å²) in [5.74, 6) is 0. The molecule has 0 saturated heterocycles. The Hall–Kier alpha value is -0.380. The van der Waals surface area contributed by atoms with Gasteiger partial charge in [-0.15, -0.1) is 0 Å². The summed E-state index contributed by atoms with van der Waals surface area (Å²) in [6.45, 7) is 6.53. The molecule has 0 bridgehead atoms. The quantitative estimate of drug-likeness (QED) is 0.0705. The lowest BCUT2D eigenvalue weighted by Crippen LogP contribution is -2.19. The first-order valence-corrected chi connectivity index (χ1v) is 14.8. The van der Waals surface area contributed by atoms with Crippen molar-refractivity contribution in [2.75, 3.05) is 19.8 Å². The van der Waals surface area contributed by atoms with E-state index in [2.05, 4.69) is 26.0 Å². The summed E-state index contributed by atoms with van der Waals surface area (Å²) >= 11 is 0. The zero-order valence-corrected chi connectivity index (χ0v) is 22.7. The molecule has 0 atom stereocenters. The van der Waals surface area contributed by atoms with Crippen LogP contribution in [-0.4, -0.2) is 31.2 Å². The fourth-order valence-electron chi connectivity index (χ4n) is 4.18. The molecule has 3 heteroatoms. The maximum atomic E-state index is 8.78. The van der Waals surface area contributed by atoms with E-state index < -0.39 is 0 Å². The molecule has 1 N–H and O–H groups in total. The van der Waals surface area contributed by atoms with Gasteiger partial charge < -0.3 is 14.6 Å². The van der Waals surface area contributed by atoms with Crippen LogP contribution >= 0.6 is 0 Å². The van der Waals surface area contributed by atoms with Crippen molar-refractivity contribution in [2.45, 2.75) is 161 Å². The molecule has 0 spiro atoms. The van der Waals surface area contributed by atoms with Crippen LogP contribution in [0, 0.1) is 0 Å². The van der Waals surface area contributed by atoms with E-state index >= 15 is 0 Å². The highest BCUT2D eigenvalue weighted by atomic mass is 16.7. The molecule has 0 heterocycles. The molecule has 0 unspecified atom stereocenters. The smallest absolute Gasteiger partial charge is 0.157 e. The molecule has 0 amide bonds. The second-order valence-corrected chi connectivity index (χ2v) is 9.74. The second-order valence-electron chi connectivity index (χ2n) is 9.74. The Kier molecular flexibility index (Phi) is 29.3. The Bertz CT molecular complexity index is 350. The van der Waals surface area contributed by atoms with Crippen LogP contribution in [0.15, 0.2) is 12.2 Å². The average Bonchev–Trinajstić information content (AvgIpc) is 2.83. The van der Waals surface area contributed by atoms with E-state index in [0.717, 1.165) is 32.5 Å². The van der Waals surface area contributed by atoms with E-state index in [1.807, 2.05) is 0 Å². The van der Waals surface area contributed by atoms with Gasteiger partial charge in [-0.1, -0.05) is 122 Å². The zero-order valence-electron chi connectivity index (χ0n) is 22.7. The third kappa shape index (κ3) is 27.7. The fraction of sp³-hybridized carbons (Fsp3) is 0.933. The lowest BCUT2D eigenvalue weighted by molar-refractivity contribution is -0.148. The molecule has 3 nitrogen and oxygen atoms in total. The van der Waals surface area contributed by atoms with Crippen LogP contribution in [0.2, 0.25) is 0 Å². The summed E-state index contributed by atoms with van der Waals surface area (Å²) < 4.78 is 12.3. The van der Waals surface area contributed by atoms with E-state index in [1.54, 1.807) is 0 Å². The summed E-state index contributed by atoms with van der Waals surface area (Å²) in [6.07, 6.45) is 32.2. The van der Waals surface area contributed by atoms with E-state index in [1.165, 1.54) is 122 Å². The average molecular weight is 469 g/mol. The predicted molar refractivity (Wildman–Crippen MR) is 145 cm³/mol. The van der Waals surface area contributed by atoms with Crippen molar-refractivity contribution < 1.29 is 14.6 Å². The Labute approximate surface area is 208 Å². The molecule has 0 aromatic carbocycles. The van der Waals surface area contributed by atoms with Crippen LogP contribution in [0.25, 0.3) is 0 Å². The van der Waals surface area contributed by atoms with Crippen molar-refractivity contribution in [3.8, 4) is 0 Å². The minimum Gasteiger partial charge on any atom is -0.396 e. The maximum Gasteiger partial charge on any atom is 0.157 e. The number of allylic oxidation sites excluding steroid dienone is 1. The van der Waals surface area contributed by atoms with Crippen LogP contribution in [0.3, 0.4) is 0 Å². The van der Waals surface area contributed by atoms with Crippen LogP contribution in [0.1, 0.15) is 155 Å². The molecule has 0 aliphatic carbocycles. The van der Waals surface area contributed by atoms with Gasteiger partial charge in [0.1, 0.15) is 0 Å². The molecule has 198 valence electrons. The first-order valence-electron chi connectivity index (χ1n) is 14.8. The minimum absolute atomic E-state index is 0.00611. The van der Waals surface area contributed by atoms with Gasteiger partial charge in [0.05, 0.1) is 0 Å². The van der Waals surface area contributed by atoms with Gasteiger partial charge in [-0.05, 0) is 44.9 Å². The Morgan fingerprint density at radius 1 is 0.515 bits per heavy atom. The van der Waals surface area contributed by atoms with Gasteiger partial charge in [0.15, 0.2) is 6.29 Å². The summed E-state index contributed by atoms with van der Waals surface area (Å²) in [7, 11) is 0. The van der Waals surface area contributed by atoms with Crippen molar-refractivity contribution >= 4 is 0 Å². The first-order chi connectivity index (χ1) is 16.3. The van der Waals surface area contributed by atoms with Gasteiger partial charge >= 0.3 is 0 Å². The molecule has 0 saturated carbocycles. The van der Waals surface area contributed by atoms with E-state index in [4.69, 9.17) is 14.6 Å². The Balaban J connectivity index is 3.87. The lowest BCUT2D eigenvalue weighted by Gasteiger charge is -2.19. The van der Waals surface area contributed by atoms with E-state index in [0.29, 0.717) is 0 Å². The molecular weight excluding hydrogens is 408 g/mol. The van der Waals surface area contributed by atoms with Gasteiger partial charge in [-0.25, -0.2) is 0 Å². The third-order valence-electron chi connectivity index (χ3n) is 6.38. The fourth-order valence-corrected chi connectivity index (χ4v) is 4.18. The first kappa shape index (κ1) is 32.6. The minimum atomic E-state index is 0.00611. The van der Waals surface area contributed by atoms with E-state index in [-0.39, 0.29) is 12.9 Å². The third-order valence-corrected chi connectivity index (χ3v) is 6.38. The van der Waals surface area contributed by atoms with Gasteiger partial charge in [0.25, 0.3) is 0 Å². The van der Waals surface area contributed by atoms with Crippen LogP contribution in [-0.2, 0) is 9.47 Å². The summed E-state index contributed by atoms with van der Waals surface area (Å²) in [4.78, 5) is 0. The molecule has 0 radical (unpaired) electrons. The number of unbranched alkanes of at least 4 members (excludes halogenated alkanes) is 17. The topological polar surface area (TPSA) is 38.7 Å². The van der Waals surface area contributed by atoms with Gasteiger partial charge in [0.2, 0.25) is 0 Å². The molecule has 0 rings (SSSR count). The SMILES string of the molecule is CCCCCCCCCOC(CCCCCCC/C=C\CCO)OCCCCCCCCC. The predicted octanol–water partition coefficient (Wildman–Crippen LogP) is 9.52. The van der Waals surface area contributed by atoms with Crippen LogP contribution in [0.4, 0.5) is 0 Å². The summed E-state index contributed by atoms with van der Waals surface area (Å²) in [5.41, 5.74) is 0. The number of hydrogen-bond acceptors (Lipinski definition) is 3. The lowest BCUT2D eigenvalue weighted by atomic mass is 10.1. The highest BCUT2D eigenvalue weighted by Gasteiger charge is 2.09. The summed E-state index contributed by atoms with van der Waals surface area (Å²) in [5, 5.41) is 8.78. The zero-order chi connectivity index (χ0) is 24.1. The van der Waals surface area contributed by atoms with Gasteiger partial charge in [0, 0.05) is 19.8 Å². The molecule has 0 fully saturated rings. The molecule has 0 aliphatic heterocycles. The Morgan fingerprint density at radius 3 is 1.45 bits per heavy atom. The van der Waals surface area contributed by atoms with Crippen molar-refractivity contribution in [1.82, 2.24) is 0 Å². The van der Waals surface area contributed by atoms with Crippen molar-refractivity contribution in [3.63, 3.8) is 0 Å². The van der Waals surface area contributed by atoms with Crippen molar-refractivity contribution in [1.29, 1.82) is 0 Å². The standard InChI is InChI=1S/C30H60O3/c1-3-5-7-9-16-20-24-28-32-30(33-29-25-21-17-10-8-6-4-2)26-22-18-14-12-11-13-15-19-23-27-31/h15,19,30-31H,3-14,16-18,20-29H2,1-2H3/b19-15-. The monoisotopic (exact) mass is 468 g/mol. The van der Waals surface area contributed by atoms with Crippen molar-refractivity contribution in [3.05, 3.63) is 12.2 Å². The summed E-state index contributed by atoms with van der Waals surface area (Å²) in [6, 6.07) is 0. The Morgan fingerprint density at radius 2 is 0.939 bits per heavy atom. The number of ether oxygens (including phenoxy) is 2.